The number of nitrogens with zero attached hydrogens (tertiary/aromatic N) is 1. The number of benzene rings is 1. The molecule has 0 spiro atoms. The summed E-state index contributed by atoms with van der Waals surface area (Å²) in [6, 6.07) is 7.59. The molecule has 7 atom stereocenters. The molecule has 210 valence electrons. The quantitative estimate of drug-likeness (QED) is 0.189. The van der Waals surface area contributed by atoms with E-state index in [-0.39, 0.29) is 12.4 Å². The second-order valence-electron chi connectivity index (χ2n) is 8.41. The van der Waals surface area contributed by atoms with E-state index in [1.165, 1.54) is 26.2 Å². The van der Waals surface area contributed by atoms with Gasteiger partial charge in [-0.25, -0.2) is 13.8 Å². The lowest BCUT2D eigenvalue weighted by Crippen LogP contribution is -2.42. The van der Waals surface area contributed by atoms with E-state index in [2.05, 4.69) is 5.09 Å². The number of hydrogen-bond acceptors (Lipinski definition) is 10. The van der Waals surface area contributed by atoms with Crippen LogP contribution in [0.3, 0.4) is 0 Å². The summed E-state index contributed by atoms with van der Waals surface area (Å²) in [6.45, 7) is 2.35. The molecule has 1 aromatic heterocycles. The molecule has 0 amide bonds. The number of carbonyl (C=O) groups is 1. The molecule has 0 radical (unpaired) electrons. The molecule has 1 saturated heterocycles. The zero-order valence-corrected chi connectivity index (χ0v) is 22.3. The number of esters is 1. The van der Waals surface area contributed by atoms with Crippen LogP contribution in [0.5, 0.6) is 5.75 Å². The Bertz CT molecular complexity index is 1260. The molecular formula is C22H28ClFN3O10P. The smallest absolute Gasteiger partial charge is 0.459 e. The van der Waals surface area contributed by atoms with E-state index in [1.54, 1.807) is 25.1 Å². The summed E-state index contributed by atoms with van der Waals surface area (Å²) in [5.41, 5.74) is -1.77. The van der Waals surface area contributed by atoms with Gasteiger partial charge in [-0.05, 0) is 26.0 Å². The van der Waals surface area contributed by atoms with Crippen molar-refractivity contribution in [2.75, 3.05) is 20.3 Å². The first-order valence-electron chi connectivity index (χ1n) is 11.4. The number of rotatable bonds is 12. The zero-order valence-electron chi connectivity index (χ0n) is 20.6. The SMILES string of the molecule is COC[C@@H](C)OC(=O)[C@H](C)NP(=O)(OC[C@H]1OC(n2ccc(=O)[nH]c2=O)[C@@](F)(Cl)[C@@H]1O)Oc1ccccc1. The van der Waals surface area contributed by atoms with Crippen molar-refractivity contribution >= 4 is 25.3 Å². The van der Waals surface area contributed by atoms with Gasteiger partial charge in [-0.15, -0.1) is 0 Å². The zero-order chi connectivity index (χ0) is 28.1. The van der Waals surface area contributed by atoms with Gasteiger partial charge in [-0.3, -0.25) is 23.7 Å². The molecule has 16 heteroatoms. The van der Waals surface area contributed by atoms with Crippen molar-refractivity contribution in [1.82, 2.24) is 14.6 Å². The topological polar surface area (TPSA) is 167 Å². The molecule has 1 aliphatic rings. The van der Waals surface area contributed by atoms with Crippen molar-refractivity contribution in [2.24, 2.45) is 0 Å². The number of para-hydroxylation sites is 1. The lowest BCUT2D eigenvalue weighted by Gasteiger charge is -2.25. The van der Waals surface area contributed by atoms with Gasteiger partial charge in [0, 0.05) is 19.4 Å². The maximum atomic E-state index is 15.2. The number of aromatic nitrogens is 2. The number of aromatic amines is 1. The summed E-state index contributed by atoms with van der Waals surface area (Å²) in [4.78, 5) is 37.8. The van der Waals surface area contributed by atoms with Crippen LogP contribution in [-0.2, 0) is 28.1 Å². The number of methoxy groups -OCH3 is 1. The second kappa shape index (κ2) is 12.5. The lowest BCUT2D eigenvalue weighted by atomic mass is 10.1. The first kappa shape index (κ1) is 30.0. The van der Waals surface area contributed by atoms with Crippen LogP contribution in [0.2, 0.25) is 0 Å². The van der Waals surface area contributed by atoms with E-state index >= 15 is 4.39 Å². The highest BCUT2D eigenvalue weighted by atomic mass is 35.5. The van der Waals surface area contributed by atoms with E-state index in [0.29, 0.717) is 4.57 Å². The summed E-state index contributed by atoms with van der Waals surface area (Å²) < 4.78 is 56.0. The van der Waals surface area contributed by atoms with Crippen LogP contribution in [0.1, 0.15) is 20.1 Å². The van der Waals surface area contributed by atoms with Gasteiger partial charge in [0.1, 0.15) is 30.1 Å². The van der Waals surface area contributed by atoms with Crippen molar-refractivity contribution < 1.29 is 42.1 Å². The molecule has 1 aliphatic heterocycles. The Morgan fingerprint density at radius 3 is 2.63 bits per heavy atom. The number of aliphatic hydroxyl groups is 1. The first-order valence-corrected chi connectivity index (χ1v) is 13.3. The number of hydrogen-bond donors (Lipinski definition) is 3. The molecule has 0 saturated carbocycles. The summed E-state index contributed by atoms with van der Waals surface area (Å²) in [5, 5.41) is 9.88. The van der Waals surface area contributed by atoms with Crippen molar-refractivity contribution in [1.29, 1.82) is 0 Å². The average Bonchev–Trinajstić information content (AvgIpc) is 3.07. The highest BCUT2D eigenvalue weighted by Crippen LogP contribution is 2.48. The van der Waals surface area contributed by atoms with Crippen LogP contribution >= 0.6 is 19.3 Å². The normalized spacial score (nSPS) is 26.3. The first-order chi connectivity index (χ1) is 17.9. The molecule has 2 heterocycles. The molecule has 3 N–H and O–H groups in total. The predicted molar refractivity (Wildman–Crippen MR) is 132 cm³/mol. The summed E-state index contributed by atoms with van der Waals surface area (Å²) in [7, 11) is -2.96. The number of carbonyl (C=O) groups excluding carboxylic acids is 1. The molecule has 13 nitrogen and oxygen atoms in total. The standard InChI is InChI=1S/C22H28ClFN3O10P/c1-13(11-33-3)35-19(30)14(2)26-38(32,37-15-7-5-4-6-8-15)34-12-16-18(29)22(23,24)20(36-16)27-10-9-17(28)25-21(27)31/h4-10,13-14,16,18,20,29H,11-12H2,1-3H3,(H,26,32)(H,25,28,31)/t13-,14+,16-,18-,20?,22-,38?/m1/s1. The highest BCUT2D eigenvalue weighted by Gasteiger charge is 2.58. The molecule has 2 aromatic rings. The number of aliphatic hydroxyl groups excluding tert-OH is 1. The summed E-state index contributed by atoms with van der Waals surface area (Å²) in [6.07, 6.45) is -5.11. The minimum Gasteiger partial charge on any atom is -0.459 e. The fourth-order valence-corrected chi connectivity index (χ4v) is 5.26. The van der Waals surface area contributed by atoms with Crippen LogP contribution in [-0.4, -0.2) is 70.4 Å². The van der Waals surface area contributed by atoms with Crippen molar-refractivity contribution in [2.45, 2.75) is 49.6 Å². The Hall–Kier alpha value is -2.58. The molecule has 2 unspecified atom stereocenters. The number of halogens is 2. The van der Waals surface area contributed by atoms with E-state index in [4.69, 9.17) is 34.9 Å². The minimum absolute atomic E-state index is 0.111. The monoisotopic (exact) mass is 579 g/mol. The van der Waals surface area contributed by atoms with E-state index in [1.807, 2.05) is 4.98 Å². The fourth-order valence-electron chi connectivity index (χ4n) is 3.46. The molecular weight excluding hydrogens is 552 g/mol. The summed E-state index contributed by atoms with van der Waals surface area (Å²) >= 11 is 5.87. The van der Waals surface area contributed by atoms with E-state index < -0.39 is 67.3 Å². The Balaban J connectivity index is 1.78. The number of nitrogens with one attached hydrogen (secondary N) is 2. The Morgan fingerprint density at radius 1 is 1.32 bits per heavy atom. The molecule has 0 aliphatic carbocycles. The number of H-pyrrole nitrogens is 1. The molecule has 1 fully saturated rings. The van der Waals surface area contributed by atoms with Crippen molar-refractivity contribution in [3.63, 3.8) is 0 Å². The average molecular weight is 580 g/mol. The van der Waals surface area contributed by atoms with E-state index in [9.17, 15) is 24.1 Å². The predicted octanol–water partition coefficient (Wildman–Crippen LogP) is 1.46. The van der Waals surface area contributed by atoms with Gasteiger partial charge < -0.3 is 23.8 Å². The van der Waals surface area contributed by atoms with Crippen LogP contribution in [0.4, 0.5) is 4.39 Å². The van der Waals surface area contributed by atoms with Crippen LogP contribution < -0.4 is 20.9 Å². The Labute approximate surface area is 221 Å². The minimum atomic E-state index is -4.39. The third-order valence-corrected chi connectivity index (χ3v) is 7.34. The molecule has 1 aromatic carbocycles. The van der Waals surface area contributed by atoms with Crippen molar-refractivity contribution in [3.8, 4) is 5.75 Å². The maximum Gasteiger partial charge on any atom is 0.459 e. The van der Waals surface area contributed by atoms with Gasteiger partial charge in [0.25, 0.3) is 10.7 Å². The van der Waals surface area contributed by atoms with Gasteiger partial charge in [0.15, 0.2) is 6.23 Å². The van der Waals surface area contributed by atoms with Gasteiger partial charge in [0.2, 0.25) is 0 Å². The number of alkyl halides is 2. The lowest BCUT2D eigenvalue weighted by molar-refractivity contribution is -0.152. The van der Waals surface area contributed by atoms with E-state index in [0.717, 1.165) is 12.3 Å². The van der Waals surface area contributed by atoms with Gasteiger partial charge in [-0.1, -0.05) is 29.8 Å². The third-order valence-electron chi connectivity index (χ3n) is 5.28. The largest absolute Gasteiger partial charge is 0.459 e. The Kier molecular flexibility index (Phi) is 9.87. The van der Waals surface area contributed by atoms with Gasteiger partial charge in [-0.2, -0.15) is 5.09 Å². The highest BCUT2D eigenvalue weighted by molar-refractivity contribution is 7.52. The second-order valence-corrected chi connectivity index (χ2v) is 10.7. The summed E-state index contributed by atoms with van der Waals surface area (Å²) in [5.74, 6) is -0.673. The Morgan fingerprint density at radius 2 is 2.00 bits per heavy atom. The number of ether oxygens (including phenoxy) is 3. The molecule has 0 bridgehead atoms. The van der Waals surface area contributed by atoms with Gasteiger partial charge in [0.05, 0.1) is 13.2 Å². The maximum absolute atomic E-state index is 15.2. The molecule has 38 heavy (non-hydrogen) atoms. The van der Waals surface area contributed by atoms with Crippen LogP contribution in [0, 0.1) is 0 Å². The van der Waals surface area contributed by atoms with Gasteiger partial charge >= 0.3 is 19.4 Å². The van der Waals surface area contributed by atoms with Crippen LogP contribution in [0.15, 0.2) is 52.2 Å². The molecule has 3 rings (SSSR count). The fraction of sp³-hybridized carbons (Fsp3) is 0.500. The van der Waals surface area contributed by atoms with Crippen LogP contribution in [0.25, 0.3) is 0 Å². The third kappa shape index (κ3) is 7.29. The van der Waals surface area contributed by atoms with Crippen molar-refractivity contribution in [3.05, 3.63) is 63.4 Å².